The number of benzene rings is 1. The minimum absolute atomic E-state index is 0.0236. The number of rotatable bonds is 4. The lowest BCUT2D eigenvalue weighted by Crippen LogP contribution is -2.56. The molecular weight excluding hydrogens is 468 g/mol. The van der Waals surface area contributed by atoms with Gasteiger partial charge in [0.1, 0.15) is 6.10 Å². The summed E-state index contributed by atoms with van der Waals surface area (Å²) in [5.41, 5.74) is 1.16. The zero-order chi connectivity index (χ0) is 25.0. The monoisotopic (exact) mass is 502 g/mol. The van der Waals surface area contributed by atoms with Gasteiger partial charge in [-0.05, 0) is 92.6 Å². The van der Waals surface area contributed by atoms with Crippen molar-refractivity contribution in [1.29, 1.82) is 0 Å². The molecule has 4 aliphatic carbocycles. The van der Waals surface area contributed by atoms with Gasteiger partial charge in [-0.1, -0.05) is 19.0 Å². The first kappa shape index (κ1) is 24.5. The number of alkyl halides is 1. The molecule has 190 valence electrons. The maximum Gasteiger partial charge on any atom is 0.302 e. The summed E-state index contributed by atoms with van der Waals surface area (Å²) < 4.78 is 5.78. The lowest BCUT2D eigenvalue weighted by molar-refractivity contribution is -0.384. The number of hydrogen-bond donors (Lipinski definition) is 0. The third-order valence-electron chi connectivity index (χ3n) is 10.0. The molecular formula is C27H35ClN2O5. The largest absolute Gasteiger partial charge is 0.462 e. The number of hydrogen-bond acceptors (Lipinski definition) is 6. The van der Waals surface area contributed by atoms with Gasteiger partial charge < -0.3 is 9.57 Å². The van der Waals surface area contributed by atoms with Crippen molar-refractivity contribution in [3.8, 4) is 5.75 Å². The Balaban J connectivity index is 1.29. The van der Waals surface area contributed by atoms with Crippen molar-refractivity contribution in [3.63, 3.8) is 0 Å². The molecule has 8 unspecified atom stereocenters. The van der Waals surface area contributed by atoms with Crippen LogP contribution in [0.15, 0.2) is 29.4 Å². The number of carbonyl (C=O) groups excluding carboxylic acids is 1. The van der Waals surface area contributed by atoms with Crippen LogP contribution in [0.1, 0.15) is 72.1 Å². The number of halogens is 1. The van der Waals surface area contributed by atoms with Crippen molar-refractivity contribution in [2.24, 2.45) is 39.7 Å². The topological polar surface area (TPSA) is 91.0 Å². The lowest BCUT2D eigenvalue weighted by atomic mass is 9.45. The van der Waals surface area contributed by atoms with Gasteiger partial charge in [0.2, 0.25) is 0 Å². The fourth-order valence-electron chi connectivity index (χ4n) is 8.25. The molecule has 0 saturated heterocycles. The number of nitro benzene ring substituents is 1. The summed E-state index contributed by atoms with van der Waals surface area (Å²) in [6.45, 7) is 6.33. The average molecular weight is 503 g/mol. The van der Waals surface area contributed by atoms with E-state index in [1.165, 1.54) is 25.5 Å². The Bertz CT molecular complexity index is 1030. The molecule has 0 bridgehead atoms. The van der Waals surface area contributed by atoms with Crippen molar-refractivity contribution in [1.82, 2.24) is 0 Å². The second kappa shape index (κ2) is 9.06. The molecule has 4 aliphatic rings. The van der Waals surface area contributed by atoms with Gasteiger partial charge in [0, 0.05) is 24.5 Å². The molecule has 4 saturated carbocycles. The number of fused-ring (bicyclic) bond motifs is 5. The SMILES string of the molecule is CC(=O)OC1CCC2C3CCC4C/C(=N\Oc5ccc([N+](=O)[O-])cc5)C(Cl)CC4(C)C3CCC12C. The first-order valence-corrected chi connectivity index (χ1v) is 13.3. The minimum Gasteiger partial charge on any atom is -0.462 e. The third kappa shape index (κ3) is 4.24. The van der Waals surface area contributed by atoms with Gasteiger partial charge in [0.25, 0.3) is 5.69 Å². The zero-order valence-electron chi connectivity index (χ0n) is 20.7. The van der Waals surface area contributed by atoms with E-state index in [0.29, 0.717) is 29.4 Å². The molecule has 8 atom stereocenters. The highest BCUT2D eigenvalue weighted by atomic mass is 35.5. The summed E-state index contributed by atoms with van der Waals surface area (Å²) in [7, 11) is 0. The fraction of sp³-hybridized carbons (Fsp3) is 0.704. The highest BCUT2D eigenvalue weighted by molar-refractivity contribution is 6.32. The molecule has 0 heterocycles. The number of esters is 1. The standard InChI is InChI=1S/C27H35ClN2O5/c1-16(31)34-25-11-10-21-20-9-4-17-14-24(29-35-19-7-5-18(6-8-19)30(32)33)23(28)15-27(17,3)22(20)12-13-26(21,25)2/h5-8,17,20-23,25H,4,9-15H2,1-3H3/b29-24+. The molecule has 0 aliphatic heterocycles. The average Bonchev–Trinajstić information content (AvgIpc) is 3.13. The van der Waals surface area contributed by atoms with Crippen molar-refractivity contribution in [2.45, 2.75) is 83.6 Å². The van der Waals surface area contributed by atoms with Crippen LogP contribution in [0.3, 0.4) is 0 Å². The third-order valence-corrected chi connectivity index (χ3v) is 10.4. The molecule has 0 radical (unpaired) electrons. The molecule has 0 spiro atoms. The van der Waals surface area contributed by atoms with E-state index in [9.17, 15) is 14.9 Å². The van der Waals surface area contributed by atoms with E-state index in [1.54, 1.807) is 12.1 Å². The van der Waals surface area contributed by atoms with Crippen molar-refractivity contribution in [2.75, 3.05) is 0 Å². The Morgan fingerprint density at radius 1 is 1.09 bits per heavy atom. The van der Waals surface area contributed by atoms with E-state index in [-0.39, 0.29) is 34.0 Å². The van der Waals surface area contributed by atoms with E-state index < -0.39 is 4.92 Å². The van der Waals surface area contributed by atoms with Crippen LogP contribution >= 0.6 is 11.6 Å². The summed E-state index contributed by atoms with van der Waals surface area (Å²) in [6.07, 6.45) is 8.55. The molecule has 7 nitrogen and oxygen atoms in total. The van der Waals surface area contributed by atoms with Crippen LogP contribution in [0.2, 0.25) is 0 Å². The van der Waals surface area contributed by atoms with Gasteiger partial charge in [0.15, 0.2) is 5.75 Å². The number of non-ortho nitro benzene ring substituents is 1. The number of carbonyl (C=O) groups is 1. The first-order valence-electron chi connectivity index (χ1n) is 12.9. The predicted molar refractivity (Wildman–Crippen MR) is 133 cm³/mol. The molecule has 4 fully saturated rings. The number of nitrogens with zero attached hydrogens (tertiary/aromatic N) is 2. The van der Waals surface area contributed by atoms with Crippen LogP contribution in [0, 0.1) is 44.6 Å². The maximum atomic E-state index is 11.7. The molecule has 1 aromatic rings. The Morgan fingerprint density at radius 3 is 2.49 bits per heavy atom. The first-order chi connectivity index (χ1) is 16.6. The van der Waals surface area contributed by atoms with Gasteiger partial charge >= 0.3 is 5.97 Å². The smallest absolute Gasteiger partial charge is 0.302 e. The van der Waals surface area contributed by atoms with E-state index >= 15 is 0 Å². The second-order valence-corrected chi connectivity index (χ2v) is 12.2. The Hall–Kier alpha value is -2.15. The Kier molecular flexibility index (Phi) is 6.35. The summed E-state index contributed by atoms with van der Waals surface area (Å²) in [6, 6.07) is 5.96. The molecule has 0 N–H and O–H groups in total. The summed E-state index contributed by atoms with van der Waals surface area (Å²) >= 11 is 6.92. The molecule has 1 aromatic carbocycles. The fourth-order valence-corrected chi connectivity index (χ4v) is 8.71. The van der Waals surface area contributed by atoms with Crippen LogP contribution < -0.4 is 4.84 Å². The number of oxime groups is 1. The maximum absolute atomic E-state index is 11.7. The molecule has 0 aromatic heterocycles. The minimum atomic E-state index is -0.432. The van der Waals surface area contributed by atoms with Crippen molar-refractivity contribution < 1.29 is 19.3 Å². The highest BCUT2D eigenvalue weighted by Gasteiger charge is 2.61. The molecule has 0 amide bonds. The van der Waals surface area contributed by atoms with E-state index in [1.807, 2.05) is 0 Å². The predicted octanol–water partition coefficient (Wildman–Crippen LogP) is 6.52. The van der Waals surface area contributed by atoms with Crippen LogP contribution in [0.25, 0.3) is 0 Å². The summed E-state index contributed by atoms with van der Waals surface area (Å²) in [5, 5.41) is 15.1. The van der Waals surface area contributed by atoms with Crippen LogP contribution in [-0.4, -0.2) is 28.1 Å². The van der Waals surface area contributed by atoms with Crippen LogP contribution in [-0.2, 0) is 9.53 Å². The molecule has 8 heteroatoms. The highest BCUT2D eigenvalue weighted by Crippen LogP contribution is 2.66. The second-order valence-electron chi connectivity index (χ2n) is 11.7. The lowest BCUT2D eigenvalue weighted by Gasteiger charge is -2.60. The Morgan fingerprint density at radius 2 is 1.80 bits per heavy atom. The Labute approximate surface area is 211 Å². The van der Waals surface area contributed by atoms with Gasteiger partial charge in [0.05, 0.1) is 16.0 Å². The normalized spacial score (nSPS) is 41.4. The number of nitro groups is 1. The quantitative estimate of drug-likeness (QED) is 0.202. The molecule has 35 heavy (non-hydrogen) atoms. The number of ether oxygens (including phenoxy) is 1. The molecule has 5 rings (SSSR count). The van der Waals surface area contributed by atoms with Crippen molar-refractivity contribution >= 4 is 29.0 Å². The van der Waals surface area contributed by atoms with Crippen LogP contribution in [0.5, 0.6) is 5.75 Å². The summed E-state index contributed by atoms with van der Waals surface area (Å²) in [5.74, 6) is 2.74. The van der Waals surface area contributed by atoms with Gasteiger partial charge in [-0.3, -0.25) is 14.9 Å². The van der Waals surface area contributed by atoms with Crippen LogP contribution in [0.4, 0.5) is 5.69 Å². The van der Waals surface area contributed by atoms with Gasteiger partial charge in [-0.15, -0.1) is 11.6 Å². The summed E-state index contributed by atoms with van der Waals surface area (Å²) in [4.78, 5) is 27.8. The van der Waals surface area contributed by atoms with E-state index in [0.717, 1.165) is 50.7 Å². The van der Waals surface area contributed by atoms with E-state index in [2.05, 4.69) is 19.0 Å². The zero-order valence-corrected chi connectivity index (χ0v) is 21.5. The van der Waals surface area contributed by atoms with E-state index in [4.69, 9.17) is 21.2 Å². The van der Waals surface area contributed by atoms with Crippen molar-refractivity contribution in [3.05, 3.63) is 34.4 Å². The van der Waals surface area contributed by atoms with Gasteiger partial charge in [-0.2, -0.15) is 0 Å². The van der Waals surface area contributed by atoms with Gasteiger partial charge in [-0.25, -0.2) is 0 Å².